The number of carbonyl (C=O) groups excluding carboxylic acids is 1. The molecule has 6 heteroatoms. The van der Waals surface area contributed by atoms with E-state index in [1.54, 1.807) is 6.20 Å². The van der Waals surface area contributed by atoms with Gasteiger partial charge in [0.15, 0.2) is 5.43 Å². The SMILES string of the molecule is O=C1CCc2cc(N3C=Nc4ccc(-c5c[nH]c6ccccc6c5=O)cc4C3)ccc2N1. The molecule has 0 radical (unpaired) electrons. The number of para-hydroxylation sites is 1. The summed E-state index contributed by atoms with van der Waals surface area (Å²) in [6.45, 7) is 0.656. The van der Waals surface area contributed by atoms with Gasteiger partial charge in [-0.15, -0.1) is 0 Å². The molecule has 6 nitrogen and oxygen atoms in total. The molecule has 32 heavy (non-hydrogen) atoms. The highest BCUT2D eigenvalue weighted by Crippen LogP contribution is 2.33. The van der Waals surface area contributed by atoms with Gasteiger partial charge in [0.2, 0.25) is 5.91 Å². The van der Waals surface area contributed by atoms with Gasteiger partial charge in [-0.25, -0.2) is 4.99 Å². The molecule has 0 spiro atoms. The summed E-state index contributed by atoms with van der Waals surface area (Å²) in [4.78, 5) is 34.6. The second-order valence-electron chi connectivity index (χ2n) is 8.18. The lowest BCUT2D eigenvalue weighted by atomic mass is 9.99. The molecule has 1 amide bonds. The molecule has 0 saturated carbocycles. The molecule has 0 saturated heterocycles. The Morgan fingerprint density at radius 3 is 2.75 bits per heavy atom. The highest BCUT2D eigenvalue weighted by molar-refractivity contribution is 5.95. The van der Waals surface area contributed by atoms with Gasteiger partial charge in [-0.2, -0.15) is 0 Å². The van der Waals surface area contributed by atoms with Crippen LogP contribution < -0.4 is 15.6 Å². The van der Waals surface area contributed by atoms with Crippen LogP contribution in [0.3, 0.4) is 0 Å². The molecule has 0 atom stereocenters. The Kier molecular flexibility index (Phi) is 4.18. The van der Waals surface area contributed by atoms with Crippen molar-refractivity contribution in [1.82, 2.24) is 4.98 Å². The maximum absolute atomic E-state index is 13.1. The van der Waals surface area contributed by atoms with Crippen LogP contribution in [0.25, 0.3) is 22.0 Å². The third-order valence-corrected chi connectivity index (χ3v) is 6.17. The number of aliphatic imine (C=N–C) groups is 1. The normalized spacial score (nSPS) is 14.8. The molecule has 6 rings (SSSR count). The van der Waals surface area contributed by atoms with E-state index in [1.807, 2.05) is 54.9 Å². The zero-order chi connectivity index (χ0) is 21.7. The summed E-state index contributed by atoms with van der Waals surface area (Å²) < 4.78 is 0. The van der Waals surface area contributed by atoms with E-state index in [0.29, 0.717) is 23.9 Å². The zero-order valence-corrected chi connectivity index (χ0v) is 17.3. The third-order valence-electron chi connectivity index (χ3n) is 6.17. The van der Waals surface area contributed by atoms with Crippen LogP contribution in [0.5, 0.6) is 0 Å². The van der Waals surface area contributed by atoms with E-state index < -0.39 is 0 Å². The fourth-order valence-electron chi connectivity index (χ4n) is 4.45. The number of nitrogens with one attached hydrogen (secondary N) is 2. The van der Waals surface area contributed by atoms with Gasteiger partial charge in [0.05, 0.1) is 18.6 Å². The Morgan fingerprint density at radius 1 is 0.906 bits per heavy atom. The number of aromatic nitrogens is 1. The van der Waals surface area contributed by atoms with Crippen LogP contribution in [0.1, 0.15) is 17.5 Å². The van der Waals surface area contributed by atoms with Gasteiger partial charge >= 0.3 is 0 Å². The minimum atomic E-state index is 0.0206. The first kappa shape index (κ1) is 18.6. The van der Waals surface area contributed by atoms with E-state index in [2.05, 4.69) is 32.3 Å². The number of fused-ring (bicyclic) bond motifs is 3. The molecule has 0 fully saturated rings. The molecule has 2 aliphatic rings. The molecule has 156 valence electrons. The van der Waals surface area contributed by atoms with E-state index in [9.17, 15) is 9.59 Å². The molecule has 3 heterocycles. The van der Waals surface area contributed by atoms with Gasteiger partial charge in [-0.05, 0) is 65.6 Å². The summed E-state index contributed by atoms with van der Waals surface area (Å²) in [5, 5.41) is 3.61. The molecule has 4 aromatic rings. The van der Waals surface area contributed by atoms with Gasteiger partial charge in [-0.3, -0.25) is 9.59 Å². The number of amides is 1. The van der Waals surface area contributed by atoms with Crippen molar-refractivity contribution in [1.29, 1.82) is 0 Å². The zero-order valence-electron chi connectivity index (χ0n) is 17.3. The van der Waals surface area contributed by atoms with E-state index in [4.69, 9.17) is 0 Å². The summed E-state index contributed by atoms with van der Waals surface area (Å²) in [7, 11) is 0. The first-order chi connectivity index (χ1) is 15.7. The lowest BCUT2D eigenvalue weighted by Gasteiger charge is -2.26. The fraction of sp³-hybridized carbons (Fsp3) is 0.115. The number of H-pyrrole nitrogens is 1. The highest BCUT2D eigenvalue weighted by Gasteiger charge is 2.19. The second-order valence-corrected chi connectivity index (χ2v) is 8.18. The molecular formula is C26H20N4O2. The third kappa shape index (κ3) is 3.08. The Balaban J connectivity index is 1.35. The van der Waals surface area contributed by atoms with Crippen LogP contribution in [-0.2, 0) is 17.8 Å². The van der Waals surface area contributed by atoms with Crippen LogP contribution in [0.4, 0.5) is 17.1 Å². The summed E-state index contributed by atoms with van der Waals surface area (Å²) in [5.74, 6) is 0.0647. The molecule has 0 bridgehead atoms. The summed E-state index contributed by atoms with van der Waals surface area (Å²) in [6.07, 6.45) is 4.88. The second kappa shape index (κ2) is 7.20. The van der Waals surface area contributed by atoms with Crippen molar-refractivity contribution in [3.05, 3.63) is 88.2 Å². The Bertz CT molecular complexity index is 1490. The number of benzene rings is 3. The number of nitrogens with zero attached hydrogens (tertiary/aromatic N) is 2. The van der Waals surface area contributed by atoms with Crippen molar-refractivity contribution in [2.75, 3.05) is 10.2 Å². The molecule has 1 aromatic heterocycles. The van der Waals surface area contributed by atoms with E-state index in [1.165, 1.54) is 0 Å². The molecular weight excluding hydrogens is 400 g/mol. The standard InChI is InChI=1S/C26H20N4O2/c31-25-10-6-17-12-19(7-9-23(17)29-25)30-14-18-11-16(5-8-22(18)28-15-30)21-13-27-24-4-2-1-3-20(24)26(21)32/h1-5,7-9,11-13,15H,6,10,14H2,(H,27,32)(H,29,31). The molecule has 2 N–H and O–H groups in total. The lowest BCUT2D eigenvalue weighted by molar-refractivity contribution is -0.116. The number of aryl methyl sites for hydroxylation is 1. The molecule has 0 unspecified atom stereocenters. The smallest absolute Gasteiger partial charge is 0.224 e. The van der Waals surface area contributed by atoms with Gasteiger partial charge < -0.3 is 15.2 Å². The number of pyridine rings is 1. The van der Waals surface area contributed by atoms with Crippen LogP contribution in [0.15, 0.2) is 76.6 Å². The first-order valence-corrected chi connectivity index (χ1v) is 10.6. The van der Waals surface area contributed by atoms with Crippen LogP contribution >= 0.6 is 0 Å². The van der Waals surface area contributed by atoms with Crippen molar-refractivity contribution in [3.63, 3.8) is 0 Å². The van der Waals surface area contributed by atoms with Gasteiger partial charge in [0.1, 0.15) is 0 Å². The molecule has 2 aliphatic heterocycles. The monoisotopic (exact) mass is 420 g/mol. The van der Waals surface area contributed by atoms with Gasteiger partial charge in [-0.1, -0.05) is 18.2 Å². The number of rotatable bonds is 2. The molecule has 0 aliphatic carbocycles. The number of anilines is 2. The van der Waals surface area contributed by atoms with Crippen molar-refractivity contribution >= 4 is 40.2 Å². The van der Waals surface area contributed by atoms with Crippen molar-refractivity contribution < 1.29 is 4.79 Å². The van der Waals surface area contributed by atoms with E-state index in [0.717, 1.165) is 45.7 Å². The number of carbonyl (C=O) groups is 1. The maximum Gasteiger partial charge on any atom is 0.224 e. The Labute approximate surface area is 184 Å². The quantitative estimate of drug-likeness (QED) is 0.491. The average Bonchev–Trinajstić information content (AvgIpc) is 2.83. The molecule has 3 aromatic carbocycles. The number of hydrogen-bond donors (Lipinski definition) is 2. The maximum atomic E-state index is 13.1. The largest absolute Gasteiger partial charge is 0.360 e. The van der Waals surface area contributed by atoms with Crippen molar-refractivity contribution in [2.45, 2.75) is 19.4 Å². The Hall–Kier alpha value is -4.19. The number of aromatic amines is 1. The topological polar surface area (TPSA) is 77.6 Å². The van der Waals surface area contributed by atoms with Crippen molar-refractivity contribution in [2.24, 2.45) is 4.99 Å². The Morgan fingerprint density at radius 2 is 1.81 bits per heavy atom. The fourth-order valence-corrected chi connectivity index (χ4v) is 4.45. The van der Waals surface area contributed by atoms with Crippen LogP contribution in [-0.4, -0.2) is 17.2 Å². The summed E-state index contributed by atoms with van der Waals surface area (Å²) in [5.41, 5.74) is 7.40. The average molecular weight is 420 g/mol. The van der Waals surface area contributed by atoms with Crippen LogP contribution in [0.2, 0.25) is 0 Å². The minimum absolute atomic E-state index is 0.0206. The first-order valence-electron chi connectivity index (χ1n) is 10.6. The van der Waals surface area contributed by atoms with Gasteiger partial charge in [0, 0.05) is 40.5 Å². The lowest BCUT2D eigenvalue weighted by Crippen LogP contribution is -2.24. The predicted molar refractivity (Wildman–Crippen MR) is 128 cm³/mol. The van der Waals surface area contributed by atoms with E-state index >= 15 is 0 Å². The van der Waals surface area contributed by atoms with Crippen LogP contribution in [0, 0.1) is 0 Å². The predicted octanol–water partition coefficient (Wildman–Crippen LogP) is 4.76. The highest BCUT2D eigenvalue weighted by atomic mass is 16.1. The minimum Gasteiger partial charge on any atom is -0.360 e. The van der Waals surface area contributed by atoms with Crippen molar-refractivity contribution in [3.8, 4) is 11.1 Å². The number of hydrogen-bond acceptors (Lipinski definition) is 4. The summed E-state index contributed by atoms with van der Waals surface area (Å²) >= 11 is 0. The van der Waals surface area contributed by atoms with E-state index in [-0.39, 0.29) is 11.3 Å². The summed E-state index contributed by atoms with van der Waals surface area (Å²) in [6, 6.07) is 19.6. The van der Waals surface area contributed by atoms with Gasteiger partial charge in [0.25, 0.3) is 0 Å².